The summed E-state index contributed by atoms with van der Waals surface area (Å²) in [6.45, 7) is -0.730. The zero-order valence-electron chi connectivity index (χ0n) is 63.8. The lowest BCUT2D eigenvalue weighted by Crippen LogP contribution is -2.70. The monoisotopic (exact) mass is 2040 g/mol. The highest BCUT2D eigenvalue weighted by Gasteiger charge is 2.95. The highest BCUT2D eigenvalue weighted by atomic mass is 19.5. The molecule has 0 saturated heterocycles. The number of nitro groups is 2. The van der Waals surface area contributed by atoms with Crippen LogP contribution in [0.2, 0.25) is 0 Å². The number of isocyanates is 1. The standard InChI is InChI=1S/C32H29F26NO6.C26H19F26NO5.C5H9NO/c1-3-4-5-8-20(60)65-15(2)16-13-18(63-11-6-9-21(33,34)23(37,38)25(41,42)27(45,46)29(49,50)31(53,54)55)19(14-17(16)59(61)62)64-12-7-10-22(35,36)24(39,40)26(43,44)28(47,48)30(51,52)32(56,57)58;1-10(54)11-8-13(57-6-2-4-15(27,28)17(31,32)19(35,36)21(39,40)23(43,44)25(47,48)49)14(9-12(11)53(55)56)58-7-3-5-16(29,30)18(33,34)20(37,38)22(41,42)24(45,46)26(50,51)52;1-2-3-4-6-5-7/h13-15H,3-12H2,1-2H3;8-10,54H,2-7H2,1H3;2-4H2,1H3. The number of ether oxygens (including phenoxy) is 5. The molecule has 0 fully saturated rings. The summed E-state index contributed by atoms with van der Waals surface area (Å²) in [5, 5.41) is 33.0. The van der Waals surface area contributed by atoms with Crippen LogP contribution in [0.25, 0.3) is 0 Å². The maximum Gasteiger partial charge on any atom is 0.460 e. The molecular weight excluding hydrogens is 1980 g/mol. The van der Waals surface area contributed by atoms with Crippen molar-refractivity contribution in [3.63, 3.8) is 0 Å². The van der Waals surface area contributed by atoms with Crippen molar-refractivity contribution in [2.75, 3.05) is 33.0 Å². The van der Waals surface area contributed by atoms with Crippen LogP contribution in [0.4, 0.5) is 240 Å². The highest BCUT2D eigenvalue weighted by Crippen LogP contribution is 2.66. The molecule has 0 spiro atoms. The molecule has 2 unspecified atom stereocenters. The van der Waals surface area contributed by atoms with Crippen molar-refractivity contribution in [2.24, 2.45) is 4.99 Å². The van der Waals surface area contributed by atoms with Crippen LogP contribution in [0, 0.1) is 20.2 Å². The minimum Gasteiger partial charge on any atom is -0.490 e. The van der Waals surface area contributed by atoms with Crippen LogP contribution in [0.3, 0.4) is 0 Å². The molecule has 2 aromatic carbocycles. The number of aliphatic hydroxyl groups is 1. The molecule has 760 valence electrons. The van der Waals surface area contributed by atoms with Gasteiger partial charge in [-0.2, -0.15) is 228 Å². The lowest BCUT2D eigenvalue weighted by Gasteiger charge is -2.39. The van der Waals surface area contributed by atoms with Crippen LogP contribution >= 0.6 is 0 Å². The van der Waals surface area contributed by atoms with Gasteiger partial charge in [0.2, 0.25) is 6.08 Å². The number of esters is 1. The van der Waals surface area contributed by atoms with Crippen molar-refractivity contribution in [1.82, 2.24) is 0 Å². The second-order valence-electron chi connectivity index (χ2n) is 26.6. The minimum absolute atomic E-state index is 0.0876. The number of aliphatic hydroxyl groups excluding tert-OH is 1. The Morgan fingerprint density at radius 2 is 0.554 bits per heavy atom. The summed E-state index contributed by atoms with van der Waals surface area (Å²) < 4.78 is 720. The maximum atomic E-state index is 14.3. The fourth-order valence-corrected chi connectivity index (χ4v) is 9.42. The molecule has 0 aromatic heterocycles. The molecule has 15 nitrogen and oxygen atoms in total. The van der Waals surface area contributed by atoms with E-state index in [1.54, 1.807) is 6.92 Å². The predicted octanol–water partition coefficient (Wildman–Crippen LogP) is 26.1. The van der Waals surface area contributed by atoms with Gasteiger partial charge in [0, 0.05) is 32.1 Å². The number of unbranched alkanes of at least 4 members (excludes halogenated alkanes) is 3. The molecule has 0 radical (unpaired) electrons. The first-order valence-electron chi connectivity index (χ1n) is 34.3. The zero-order chi connectivity index (χ0) is 104. The van der Waals surface area contributed by atoms with Crippen molar-refractivity contribution >= 4 is 23.4 Å². The lowest BCUT2D eigenvalue weighted by molar-refractivity contribution is -0.440. The number of hydrogen-bond donors (Lipinski definition) is 1. The van der Waals surface area contributed by atoms with Gasteiger partial charge in [-0.15, -0.1) is 0 Å². The van der Waals surface area contributed by atoms with Crippen molar-refractivity contribution in [3.05, 3.63) is 55.6 Å². The van der Waals surface area contributed by atoms with Gasteiger partial charge in [0.05, 0.1) is 72.2 Å². The first-order valence-corrected chi connectivity index (χ1v) is 34.3. The maximum absolute atomic E-state index is 14.3. The quantitative estimate of drug-likeness (QED) is 0.0125. The molecule has 130 heavy (non-hydrogen) atoms. The van der Waals surface area contributed by atoms with Gasteiger partial charge in [0.1, 0.15) is 6.10 Å². The summed E-state index contributed by atoms with van der Waals surface area (Å²) in [6, 6.07) is 0.790. The Hall–Kier alpha value is -8.39. The molecule has 2 rings (SSSR count). The summed E-state index contributed by atoms with van der Waals surface area (Å²) in [4.78, 5) is 45.4. The molecule has 0 aliphatic heterocycles. The van der Waals surface area contributed by atoms with Crippen LogP contribution < -0.4 is 18.9 Å². The van der Waals surface area contributed by atoms with E-state index in [0.29, 0.717) is 25.5 Å². The Morgan fingerprint density at radius 3 is 0.762 bits per heavy atom. The normalized spacial score (nSPS) is 15.0. The van der Waals surface area contributed by atoms with Crippen LogP contribution in [0.5, 0.6) is 23.0 Å². The summed E-state index contributed by atoms with van der Waals surface area (Å²) in [5.74, 6) is -162. The number of hydrogen-bond acceptors (Lipinski definition) is 13. The van der Waals surface area contributed by atoms with E-state index in [1.807, 2.05) is 0 Å². The fraction of sp³-hybridized carbons (Fsp3) is 0.778. The smallest absolute Gasteiger partial charge is 0.460 e. The molecule has 2 atom stereocenters. The van der Waals surface area contributed by atoms with Gasteiger partial charge in [-0.1, -0.05) is 33.1 Å². The highest BCUT2D eigenvalue weighted by molar-refractivity contribution is 5.70. The second kappa shape index (κ2) is 41.2. The van der Waals surface area contributed by atoms with Crippen LogP contribution in [-0.4, -0.2) is 203 Å². The number of alkyl halides is 52. The van der Waals surface area contributed by atoms with E-state index in [4.69, 9.17) is 14.2 Å². The molecule has 0 bridgehead atoms. The Bertz CT molecular complexity index is 4100. The van der Waals surface area contributed by atoms with E-state index in [2.05, 4.69) is 21.4 Å². The van der Waals surface area contributed by atoms with E-state index in [1.165, 1.54) is 6.08 Å². The van der Waals surface area contributed by atoms with Gasteiger partial charge in [-0.3, -0.25) is 25.0 Å². The van der Waals surface area contributed by atoms with Gasteiger partial charge >= 0.3 is 149 Å². The summed E-state index contributed by atoms with van der Waals surface area (Å²) in [7, 11) is 0. The minimum atomic E-state index is -8.26. The third-order valence-electron chi connectivity index (χ3n) is 17.0. The molecule has 1 N–H and O–H groups in total. The fourth-order valence-electron chi connectivity index (χ4n) is 9.42. The topological polar surface area (TPSA) is 199 Å². The number of nitrogens with zero attached hydrogens (tertiary/aromatic N) is 3. The summed E-state index contributed by atoms with van der Waals surface area (Å²) in [6.07, 6.45) is -49.2. The van der Waals surface area contributed by atoms with Crippen molar-refractivity contribution < 1.29 is 277 Å². The van der Waals surface area contributed by atoms with Crippen molar-refractivity contribution in [3.8, 4) is 23.0 Å². The van der Waals surface area contributed by atoms with E-state index >= 15 is 0 Å². The average Bonchev–Trinajstić information content (AvgIpc) is 0.724. The predicted molar refractivity (Wildman–Crippen MR) is 325 cm³/mol. The number of aliphatic imine (C=N–C) groups is 1. The molecule has 2 aromatic rings. The zero-order valence-corrected chi connectivity index (χ0v) is 63.8. The number of nitro benzene ring substituents is 2. The van der Waals surface area contributed by atoms with Crippen molar-refractivity contribution in [1.29, 1.82) is 0 Å². The van der Waals surface area contributed by atoms with Crippen molar-refractivity contribution in [2.45, 2.75) is 273 Å². The molecule has 67 heteroatoms. The molecular formula is C63H57F52N3O12. The van der Waals surface area contributed by atoms with Gasteiger partial charge in [-0.05, 0) is 64.5 Å². The Morgan fingerprint density at radius 1 is 0.338 bits per heavy atom. The average molecular weight is 2040 g/mol. The molecule has 0 heterocycles. The molecule has 0 aliphatic rings. The molecule has 0 amide bonds. The Labute approximate surface area is 689 Å². The third kappa shape index (κ3) is 24.0. The van der Waals surface area contributed by atoms with E-state index < -0.39 is 294 Å². The van der Waals surface area contributed by atoms with Gasteiger partial charge in [0.15, 0.2) is 23.0 Å². The first-order chi connectivity index (χ1) is 57.4. The van der Waals surface area contributed by atoms with E-state index in [9.17, 15) is 263 Å². The van der Waals surface area contributed by atoms with Crippen LogP contribution in [0.15, 0.2) is 29.3 Å². The van der Waals surface area contributed by atoms with E-state index in [0.717, 1.165) is 26.7 Å². The Balaban J connectivity index is 0.00000239. The van der Waals surface area contributed by atoms with Gasteiger partial charge < -0.3 is 28.8 Å². The third-order valence-corrected chi connectivity index (χ3v) is 17.0. The number of carbonyl (C=O) groups is 1. The van der Waals surface area contributed by atoms with Gasteiger partial charge in [-0.25, -0.2) is 9.79 Å². The number of carbonyl (C=O) groups excluding carboxylic acids is 2. The lowest BCUT2D eigenvalue weighted by atomic mass is 9.92. The number of rotatable bonds is 48. The SMILES string of the molecule is CC(O)c1cc(OCCCC(F)(F)C(F)(F)C(F)(F)C(F)(F)C(F)(F)C(F)(F)F)c(OCCCC(F)(F)C(F)(F)C(F)(F)C(F)(F)C(F)(F)C(F)(F)F)cc1[N+](=O)[O-].CCCCCC(=O)OC(C)c1cc(OCCCC(F)(F)C(F)(F)C(F)(F)C(F)(F)C(F)(F)C(F)(F)F)c(OCCCC(F)(F)C(F)(F)C(F)(F)C(F)(F)C(F)(F)C(F)(F)F)cc1[N+](=O)[O-].CCCCN=C=O. The molecule has 0 saturated carbocycles. The van der Waals surface area contributed by atoms with Crippen LogP contribution in [0.1, 0.15) is 141 Å². The Kier molecular flexibility index (Phi) is 38.6. The van der Waals surface area contributed by atoms with Gasteiger partial charge in [0.25, 0.3) is 11.4 Å². The first kappa shape index (κ1) is 122. The summed E-state index contributed by atoms with van der Waals surface area (Å²) >= 11 is 0. The second-order valence-corrected chi connectivity index (χ2v) is 26.6. The largest absolute Gasteiger partial charge is 0.490 e. The van der Waals surface area contributed by atoms with Crippen LogP contribution in [-0.2, 0) is 14.3 Å². The van der Waals surface area contributed by atoms with E-state index in [-0.39, 0.29) is 31.0 Å². The number of halogens is 52. The molecule has 0 aliphatic carbocycles. The summed E-state index contributed by atoms with van der Waals surface area (Å²) in [5.41, 5.74) is -4.28. The number of benzene rings is 2.